The molecular formula is C20H21ClN2O3. The number of nitrogen functional groups attached to an aromatic ring is 1. The van der Waals surface area contributed by atoms with Crippen molar-refractivity contribution in [3.63, 3.8) is 0 Å². The number of halogens is 1. The molecule has 26 heavy (non-hydrogen) atoms. The number of ether oxygens (including phenoxy) is 1. The van der Waals surface area contributed by atoms with Crippen LogP contribution in [0.4, 0.5) is 5.69 Å². The van der Waals surface area contributed by atoms with Crippen molar-refractivity contribution in [2.75, 3.05) is 18.9 Å². The van der Waals surface area contributed by atoms with E-state index in [1.54, 1.807) is 36.4 Å². The van der Waals surface area contributed by atoms with Crippen LogP contribution >= 0.6 is 11.6 Å². The number of hydrogen-bond donors (Lipinski definition) is 2. The predicted octanol–water partition coefficient (Wildman–Crippen LogP) is 3.37. The van der Waals surface area contributed by atoms with E-state index in [0.29, 0.717) is 33.9 Å². The van der Waals surface area contributed by atoms with Gasteiger partial charge >= 0.3 is 0 Å². The molecule has 136 valence electrons. The quantitative estimate of drug-likeness (QED) is 0.622. The fraction of sp³-hybridized carbons (Fsp3) is 0.300. The summed E-state index contributed by atoms with van der Waals surface area (Å²) in [6.07, 6.45) is 2.04. The first-order chi connectivity index (χ1) is 12.5. The number of nitrogens with one attached hydrogen (secondary N) is 1. The van der Waals surface area contributed by atoms with Crippen LogP contribution in [-0.2, 0) is 4.74 Å². The molecule has 3 N–H and O–H groups in total. The summed E-state index contributed by atoms with van der Waals surface area (Å²) in [4.78, 5) is 25.3. The van der Waals surface area contributed by atoms with E-state index in [9.17, 15) is 9.59 Å². The van der Waals surface area contributed by atoms with E-state index in [1.165, 1.54) is 0 Å². The van der Waals surface area contributed by atoms with Crippen molar-refractivity contribution in [3.05, 3.63) is 63.7 Å². The lowest BCUT2D eigenvalue weighted by Crippen LogP contribution is -2.31. The molecule has 6 heteroatoms. The molecule has 2 aromatic carbocycles. The Labute approximate surface area is 157 Å². The maximum atomic E-state index is 12.9. The summed E-state index contributed by atoms with van der Waals surface area (Å²) in [6.45, 7) is 3.04. The molecule has 1 atom stereocenters. The molecule has 0 bridgehead atoms. The van der Waals surface area contributed by atoms with Crippen molar-refractivity contribution in [2.45, 2.75) is 25.9 Å². The summed E-state index contributed by atoms with van der Waals surface area (Å²) < 4.78 is 5.51. The standard InChI is InChI=1S/C20H21ClN2O3/c1-12-4-5-13(20(25)23-11-15-3-2-8-26-15)9-17(12)19(24)16-7-6-14(22)10-18(16)21/h4-7,9-10,15H,2-3,8,11,22H2,1H3,(H,23,25). The first-order valence-electron chi connectivity index (χ1n) is 8.56. The second kappa shape index (κ2) is 7.89. The average Bonchev–Trinajstić information content (AvgIpc) is 3.13. The number of benzene rings is 2. The van der Waals surface area contributed by atoms with Crippen molar-refractivity contribution in [3.8, 4) is 0 Å². The lowest BCUT2D eigenvalue weighted by molar-refractivity contribution is 0.0858. The Morgan fingerprint density at radius 1 is 1.23 bits per heavy atom. The largest absolute Gasteiger partial charge is 0.399 e. The van der Waals surface area contributed by atoms with E-state index < -0.39 is 0 Å². The molecule has 0 saturated carbocycles. The monoisotopic (exact) mass is 372 g/mol. The molecule has 0 spiro atoms. The van der Waals surface area contributed by atoms with Crippen LogP contribution in [0.5, 0.6) is 0 Å². The topological polar surface area (TPSA) is 81.4 Å². The fourth-order valence-electron chi connectivity index (χ4n) is 2.98. The lowest BCUT2D eigenvalue weighted by Gasteiger charge is -2.12. The number of hydrogen-bond acceptors (Lipinski definition) is 4. The van der Waals surface area contributed by atoms with Gasteiger partial charge in [0.15, 0.2) is 5.78 Å². The summed E-state index contributed by atoms with van der Waals surface area (Å²) in [5, 5.41) is 3.16. The van der Waals surface area contributed by atoms with Crippen molar-refractivity contribution in [1.29, 1.82) is 0 Å². The Morgan fingerprint density at radius 3 is 2.73 bits per heavy atom. The van der Waals surface area contributed by atoms with E-state index in [0.717, 1.165) is 25.0 Å². The molecule has 1 saturated heterocycles. The number of anilines is 1. The Morgan fingerprint density at radius 2 is 2.04 bits per heavy atom. The molecule has 1 fully saturated rings. The highest BCUT2D eigenvalue weighted by Crippen LogP contribution is 2.24. The predicted molar refractivity (Wildman–Crippen MR) is 102 cm³/mol. The van der Waals surface area contributed by atoms with Gasteiger partial charge in [-0.2, -0.15) is 0 Å². The van der Waals surface area contributed by atoms with Crippen LogP contribution in [-0.4, -0.2) is 30.9 Å². The number of ketones is 1. The van der Waals surface area contributed by atoms with Gasteiger partial charge in [-0.1, -0.05) is 17.7 Å². The van der Waals surface area contributed by atoms with Gasteiger partial charge in [-0.15, -0.1) is 0 Å². The summed E-state index contributed by atoms with van der Waals surface area (Å²) in [5.74, 6) is -0.459. The maximum absolute atomic E-state index is 12.9. The lowest BCUT2D eigenvalue weighted by atomic mass is 9.96. The number of aryl methyl sites for hydroxylation is 1. The van der Waals surface area contributed by atoms with Crippen LogP contribution in [0, 0.1) is 6.92 Å². The van der Waals surface area contributed by atoms with Gasteiger partial charge in [0.2, 0.25) is 0 Å². The Bertz CT molecular complexity index is 845. The summed E-state index contributed by atoms with van der Waals surface area (Å²) in [5.41, 5.74) is 8.20. The highest BCUT2D eigenvalue weighted by Gasteiger charge is 2.19. The number of nitrogens with two attached hydrogens (primary N) is 1. The second-order valence-electron chi connectivity index (χ2n) is 6.44. The van der Waals surface area contributed by atoms with Crippen LogP contribution in [0.2, 0.25) is 5.02 Å². The molecule has 0 aliphatic carbocycles. The number of amides is 1. The molecule has 2 aromatic rings. The highest BCUT2D eigenvalue weighted by molar-refractivity contribution is 6.35. The zero-order valence-corrected chi connectivity index (χ0v) is 15.3. The van der Waals surface area contributed by atoms with Crippen molar-refractivity contribution < 1.29 is 14.3 Å². The van der Waals surface area contributed by atoms with Gasteiger partial charge in [-0.3, -0.25) is 9.59 Å². The van der Waals surface area contributed by atoms with Gasteiger partial charge in [0.25, 0.3) is 5.91 Å². The van der Waals surface area contributed by atoms with Crippen LogP contribution < -0.4 is 11.1 Å². The third-order valence-electron chi connectivity index (χ3n) is 4.50. The molecule has 0 aromatic heterocycles. The van der Waals surface area contributed by atoms with Crippen LogP contribution in [0.1, 0.15) is 44.7 Å². The Hall–Kier alpha value is -2.37. The average molecular weight is 373 g/mol. The summed E-state index contributed by atoms with van der Waals surface area (Å²) in [7, 11) is 0. The summed E-state index contributed by atoms with van der Waals surface area (Å²) >= 11 is 6.16. The van der Waals surface area contributed by atoms with Crippen LogP contribution in [0.3, 0.4) is 0 Å². The smallest absolute Gasteiger partial charge is 0.251 e. The van der Waals surface area contributed by atoms with Gasteiger partial charge < -0.3 is 15.8 Å². The Kier molecular flexibility index (Phi) is 5.59. The van der Waals surface area contributed by atoms with Gasteiger partial charge in [0, 0.05) is 35.5 Å². The highest BCUT2D eigenvalue weighted by atomic mass is 35.5. The molecule has 1 unspecified atom stereocenters. The first kappa shape index (κ1) is 18.4. The third-order valence-corrected chi connectivity index (χ3v) is 4.81. The SMILES string of the molecule is Cc1ccc(C(=O)NCC2CCCO2)cc1C(=O)c1ccc(N)cc1Cl. The number of carbonyl (C=O) groups is 2. The summed E-state index contributed by atoms with van der Waals surface area (Å²) in [6, 6.07) is 9.86. The first-order valence-corrected chi connectivity index (χ1v) is 8.93. The van der Waals surface area contributed by atoms with E-state index in [4.69, 9.17) is 22.1 Å². The third kappa shape index (κ3) is 4.06. The number of carbonyl (C=O) groups excluding carboxylic acids is 2. The molecule has 0 radical (unpaired) electrons. The molecule has 1 aliphatic heterocycles. The molecule has 1 aliphatic rings. The minimum Gasteiger partial charge on any atom is -0.399 e. The van der Waals surface area contributed by atoms with Crippen molar-refractivity contribution in [2.24, 2.45) is 0 Å². The van der Waals surface area contributed by atoms with Crippen LogP contribution in [0.25, 0.3) is 0 Å². The normalized spacial score (nSPS) is 16.5. The second-order valence-corrected chi connectivity index (χ2v) is 6.85. The minimum absolute atomic E-state index is 0.0686. The molecular weight excluding hydrogens is 352 g/mol. The Balaban J connectivity index is 1.80. The zero-order chi connectivity index (χ0) is 18.7. The van der Waals surface area contributed by atoms with Gasteiger partial charge in [0.05, 0.1) is 11.1 Å². The molecule has 1 heterocycles. The van der Waals surface area contributed by atoms with Gasteiger partial charge in [0.1, 0.15) is 0 Å². The van der Waals surface area contributed by atoms with E-state index in [2.05, 4.69) is 5.32 Å². The van der Waals surface area contributed by atoms with E-state index in [1.807, 2.05) is 6.92 Å². The van der Waals surface area contributed by atoms with Gasteiger partial charge in [-0.25, -0.2) is 0 Å². The fourth-order valence-corrected chi connectivity index (χ4v) is 3.26. The minimum atomic E-state index is -0.235. The maximum Gasteiger partial charge on any atom is 0.251 e. The van der Waals surface area contributed by atoms with Crippen LogP contribution in [0.15, 0.2) is 36.4 Å². The van der Waals surface area contributed by atoms with E-state index >= 15 is 0 Å². The van der Waals surface area contributed by atoms with Crippen molar-refractivity contribution in [1.82, 2.24) is 5.32 Å². The molecule has 5 nitrogen and oxygen atoms in total. The zero-order valence-electron chi connectivity index (χ0n) is 14.5. The molecule has 3 rings (SSSR count). The van der Waals surface area contributed by atoms with Gasteiger partial charge in [-0.05, 0) is 55.7 Å². The number of rotatable bonds is 5. The molecule has 1 amide bonds. The van der Waals surface area contributed by atoms with Crippen molar-refractivity contribution >= 4 is 29.0 Å². The van der Waals surface area contributed by atoms with E-state index in [-0.39, 0.29) is 17.8 Å².